The summed E-state index contributed by atoms with van der Waals surface area (Å²) in [5.74, 6) is 0.806. The summed E-state index contributed by atoms with van der Waals surface area (Å²) in [7, 11) is 0. The number of benzene rings is 1. The van der Waals surface area contributed by atoms with Crippen molar-refractivity contribution in [3.63, 3.8) is 0 Å². The Labute approximate surface area is 147 Å². The topological polar surface area (TPSA) is 67.2 Å². The number of aromatic nitrogens is 1. The second-order valence-corrected chi connectivity index (χ2v) is 7.19. The third kappa shape index (κ3) is 4.77. The molecule has 2 rings (SSSR count). The molecule has 24 heavy (non-hydrogen) atoms. The van der Waals surface area contributed by atoms with E-state index in [1.807, 2.05) is 39.0 Å². The summed E-state index contributed by atoms with van der Waals surface area (Å²) < 4.78 is 5.16. The number of hydrogen-bond donors (Lipinski definition) is 2. The fourth-order valence-electron chi connectivity index (χ4n) is 2.55. The maximum absolute atomic E-state index is 12.2. The number of carbonyl (C=O) groups excluding carboxylic acids is 1. The molecule has 0 spiro atoms. The maximum Gasteiger partial charge on any atom is 0.319 e. The summed E-state index contributed by atoms with van der Waals surface area (Å²) in [6.07, 6.45) is 2.77. The minimum Gasteiger partial charge on any atom is -0.361 e. The Bertz CT molecular complexity index is 680. The molecule has 2 amide bonds. The normalized spacial score (nSPS) is 13.4. The fourth-order valence-corrected chi connectivity index (χ4v) is 2.97. The van der Waals surface area contributed by atoms with Gasteiger partial charge in [-0.25, -0.2) is 4.79 Å². The zero-order chi connectivity index (χ0) is 17.7. The van der Waals surface area contributed by atoms with Crippen LogP contribution in [0.2, 0.25) is 0 Å². The number of thioether (sulfide) groups is 1. The molecule has 1 aromatic heterocycles. The van der Waals surface area contributed by atoms with E-state index in [1.165, 1.54) is 5.56 Å². The second-order valence-electron chi connectivity index (χ2n) is 6.01. The average Bonchev–Trinajstić information content (AvgIpc) is 2.86. The van der Waals surface area contributed by atoms with Crippen LogP contribution in [0.5, 0.6) is 0 Å². The zero-order valence-corrected chi connectivity index (χ0v) is 15.7. The lowest BCUT2D eigenvalue weighted by atomic mass is 10.1. The van der Waals surface area contributed by atoms with Crippen LogP contribution in [-0.2, 0) is 6.42 Å². The van der Waals surface area contributed by atoms with Crippen LogP contribution in [0.15, 0.2) is 28.8 Å². The zero-order valence-electron chi connectivity index (χ0n) is 14.8. The van der Waals surface area contributed by atoms with Crippen LogP contribution in [0.4, 0.5) is 10.5 Å². The number of carbonyl (C=O) groups is 1. The summed E-state index contributed by atoms with van der Waals surface area (Å²) in [4.78, 5) is 12.2. The van der Waals surface area contributed by atoms with Crippen molar-refractivity contribution >= 4 is 23.5 Å². The Morgan fingerprint density at radius 2 is 2.08 bits per heavy atom. The summed E-state index contributed by atoms with van der Waals surface area (Å²) >= 11 is 1.78. The molecule has 0 bridgehead atoms. The first-order valence-corrected chi connectivity index (χ1v) is 9.31. The molecule has 0 saturated carbocycles. The predicted molar refractivity (Wildman–Crippen MR) is 99.7 cm³/mol. The van der Waals surface area contributed by atoms with E-state index in [1.54, 1.807) is 11.8 Å². The van der Waals surface area contributed by atoms with E-state index in [0.717, 1.165) is 22.7 Å². The van der Waals surface area contributed by atoms with Crippen LogP contribution in [0.1, 0.15) is 41.7 Å². The third-order valence-electron chi connectivity index (χ3n) is 4.04. The SMILES string of the molecule is CSC(C)c1cccc(NC(=O)NC(C)Cc2c(C)noc2C)c1. The van der Waals surface area contributed by atoms with Crippen LogP contribution in [0, 0.1) is 13.8 Å². The van der Waals surface area contributed by atoms with Crippen LogP contribution < -0.4 is 10.6 Å². The summed E-state index contributed by atoms with van der Waals surface area (Å²) in [6, 6.07) is 7.72. The van der Waals surface area contributed by atoms with Gasteiger partial charge in [0, 0.05) is 22.5 Å². The first-order chi connectivity index (χ1) is 11.4. The Hall–Kier alpha value is -1.95. The molecule has 1 heterocycles. The lowest BCUT2D eigenvalue weighted by Crippen LogP contribution is -2.37. The minimum atomic E-state index is -0.205. The van der Waals surface area contributed by atoms with Gasteiger partial charge in [-0.1, -0.05) is 17.3 Å². The van der Waals surface area contributed by atoms with Crippen molar-refractivity contribution in [3.8, 4) is 0 Å². The second kappa shape index (κ2) is 8.24. The minimum absolute atomic E-state index is 0.0184. The molecule has 0 radical (unpaired) electrons. The van der Waals surface area contributed by atoms with Crippen molar-refractivity contribution < 1.29 is 9.32 Å². The van der Waals surface area contributed by atoms with Crippen molar-refractivity contribution in [2.75, 3.05) is 11.6 Å². The summed E-state index contributed by atoms with van der Waals surface area (Å²) in [6.45, 7) is 7.92. The average molecular weight is 347 g/mol. The highest BCUT2D eigenvalue weighted by molar-refractivity contribution is 7.98. The smallest absolute Gasteiger partial charge is 0.319 e. The number of aryl methyl sites for hydroxylation is 2. The molecule has 2 atom stereocenters. The van der Waals surface area contributed by atoms with Gasteiger partial charge < -0.3 is 15.2 Å². The molecule has 0 aliphatic carbocycles. The van der Waals surface area contributed by atoms with Crippen molar-refractivity contribution in [1.29, 1.82) is 0 Å². The molecule has 2 N–H and O–H groups in total. The van der Waals surface area contributed by atoms with Crippen LogP contribution in [0.3, 0.4) is 0 Å². The van der Waals surface area contributed by atoms with Crippen molar-refractivity contribution in [1.82, 2.24) is 10.5 Å². The van der Waals surface area contributed by atoms with E-state index in [-0.39, 0.29) is 12.1 Å². The van der Waals surface area contributed by atoms with Gasteiger partial charge in [-0.15, -0.1) is 0 Å². The number of nitrogens with zero attached hydrogens (tertiary/aromatic N) is 1. The van der Waals surface area contributed by atoms with E-state index in [4.69, 9.17) is 4.52 Å². The fraction of sp³-hybridized carbons (Fsp3) is 0.444. The summed E-state index contributed by atoms with van der Waals surface area (Å²) in [5.41, 5.74) is 3.93. The highest BCUT2D eigenvalue weighted by atomic mass is 32.2. The monoisotopic (exact) mass is 347 g/mol. The molecule has 130 valence electrons. The lowest BCUT2D eigenvalue weighted by molar-refractivity contribution is 0.249. The van der Waals surface area contributed by atoms with Crippen LogP contribution >= 0.6 is 11.8 Å². The van der Waals surface area contributed by atoms with E-state index in [9.17, 15) is 4.79 Å². The highest BCUT2D eigenvalue weighted by Gasteiger charge is 2.15. The molecule has 0 aliphatic rings. The standard InChI is InChI=1S/C18H25N3O2S/c1-11(9-17-12(2)21-23-13(17)3)19-18(22)20-16-8-6-7-15(10-16)14(4)24-5/h6-8,10-11,14H,9H2,1-5H3,(H2,19,20,22). The number of urea groups is 1. The lowest BCUT2D eigenvalue weighted by Gasteiger charge is -2.15. The molecule has 5 nitrogen and oxygen atoms in total. The number of rotatable bonds is 6. The molecular formula is C18H25N3O2S. The van der Waals surface area contributed by atoms with E-state index >= 15 is 0 Å². The number of anilines is 1. The van der Waals surface area contributed by atoms with E-state index in [2.05, 4.69) is 35.0 Å². The van der Waals surface area contributed by atoms with Gasteiger partial charge in [0.25, 0.3) is 0 Å². The van der Waals surface area contributed by atoms with E-state index in [0.29, 0.717) is 11.7 Å². The largest absolute Gasteiger partial charge is 0.361 e. The maximum atomic E-state index is 12.2. The molecular weight excluding hydrogens is 322 g/mol. The third-order valence-corrected chi connectivity index (χ3v) is 5.02. The number of amides is 2. The van der Waals surface area contributed by atoms with Gasteiger partial charge in [0.1, 0.15) is 5.76 Å². The van der Waals surface area contributed by atoms with Gasteiger partial charge in [0.15, 0.2) is 0 Å². The molecule has 2 aromatic rings. The van der Waals surface area contributed by atoms with Crippen molar-refractivity contribution in [2.45, 2.75) is 45.4 Å². The molecule has 2 unspecified atom stereocenters. The van der Waals surface area contributed by atoms with Gasteiger partial charge in [0.05, 0.1) is 5.69 Å². The van der Waals surface area contributed by atoms with Gasteiger partial charge in [-0.05, 0) is 58.1 Å². The Morgan fingerprint density at radius 1 is 1.33 bits per heavy atom. The van der Waals surface area contributed by atoms with Crippen molar-refractivity contribution in [2.24, 2.45) is 0 Å². The van der Waals surface area contributed by atoms with Crippen molar-refractivity contribution in [3.05, 3.63) is 46.8 Å². The van der Waals surface area contributed by atoms with Gasteiger partial charge in [-0.3, -0.25) is 0 Å². The molecule has 0 saturated heterocycles. The first-order valence-electron chi connectivity index (χ1n) is 8.02. The number of nitrogens with one attached hydrogen (secondary N) is 2. The molecule has 0 fully saturated rings. The predicted octanol–water partition coefficient (Wildman–Crippen LogP) is 4.47. The Kier molecular flexibility index (Phi) is 6.31. The molecule has 0 aliphatic heterocycles. The Balaban J connectivity index is 1.93. The van der Waals surface area contributed by atoms with Gasteiger partial charge in [-0.2, -0.15) is 11.8 Å². The number of hydrogen-bond acceptors (Lipinski definition) is 4. The molecule has 6 heteroatoms. The summed E-state index contributed by atoms with van der Waals surface area (Å²) in [5, 5.41) is 10.2. The Morgan fingerprint density at radius 3 is 2.71 bits per heavy atom. The quantitative estimate of drug-likeness (QED) is 0.809. The first kappa shape index (κ1) is 18.4. The molecule has 1 aromatic carbocycles. The van der Waals surface area contributed by atoms with Gasteiger partial charge in [0.2, 0.25) is 0 Å². The van der Waals surface area contributed by atoms with E-state index < -0.39 is 0 Å². The van der Waals surface area contributed by atoms with Gasteiger partial charge >= 0.3 is 6.03 Å². The van der Waals surface area contributed by atoms with Crippen LogP contribution in [-0.4, -0.2) is 23.5 Å². The highest BCUT2D eigenvalue weighted by Crippen LogP contribution is 2.27. The van der Waals surface area contributed by atoms with Crippen LogP contribution in [0.25, 0.3) is 0 Å².